The molecule has 0 spiro atoms. The lowest BCUT2D eigenvalue weighted by atomic mass is 10.1. The quantitative estimate of drug-likeness (QED) is 0.859. The number of nitrogens with one attached hydrogen (secondary N) is 1. The van der Waals surface area contributed by atoms with Gasteiger partial charge in [-0.25, -0.2) is 8.93 Å². The highest BCUT2D eigenvalue weighted by Gasteiger charge is 2.22. The van der Waals surface area contributed by atoms with Gasteiger partial charge in [-0.05, 0) is 32.8 Å². The summed E-state index contributed by atoms with van der Waals surface area (Å²) in [5.74, 6) is 0. The van der Waals surface area contributed by atoms with Crippen molar-refractivity contribution in [3.8, 4) is 0 Å². The summed E-state index contributed by atoms with van der Waals surface area (Å²) in [6, 6.07) is 10.3. The summed E-state index contributed by atoms with van der Waals surface area (Å²) in [4.78, 5) is 0. The van der Waals surface area contributed by atoms with Gasteiger partial charge in [-0.2, -0.15) is 0 Å². The molecule has 1 N–H and O–H groups in total. The van der Waals surface area contributed by atoms with Crippen molar-refractivity contribution in [1.82, 2.24) is 4.72 Å². The maximum Gasteiger partial charge on any atom is 0.0975 e. The number of benzene rings is 1. The van der Waals surface area contributed by atoms with Crippen molar-refractivity contribution in [2.24, 2.45) is 0 Å². The standard InChI is InChI=1S/C13H21NOS/c1-5-12(11-9-7-6-8-10-11)14-16(15)13(2,3)4/h6-10,12,14H,5H2,1-4H3/t12-,16?/m1/s1. The van der Waals surface area contributed by atoms with Gasteiger partial charge in [0, 0.05) is 6.04 Å². The molecule has 16 heavy (non-hydrogen) atoms. The smallest absolute Gasteiger partial charge is 0.0975 e. The van der Waals surface area contributed by atoms with Crippen LogP contribution in [0.5, 0.6) is 0 Å². The van der Waals surface area contributed by atoms with E-state index in [1.54, 1.807) is 0 Å². The van der Waals surface area contributed by atoms with E-state index in [2.05, 4.69) is 23.8 Å². The third kappa shape index (κ3) is 3.72. The molecule has 90 valence electrons. The van der Waals surface area contributed by atoms with Crippen LogP contribution in [0.15, 0.2) is 30.3 Å². The first-order chi connectivity index (χ1) is 7.45. The van der Waals surface area contributed by atoms with E-state index >= 15 is 0 Å². The highest BCUT2D eigenvalue weighted by atomic mass is 32.2. The van der Waals surface area contributed by atoms with Crippen LogP contribution < -0.4 is 4.72 Å². The molecule has 1 unspecified atom stereocenters. The number of hydrogen-bond acceptors (Lipinski definition) is 1. The van der Waals surface area contributed by atoms with E-state index in [-0.39, 0.29) is 10.8 Å². The molecule has 2 atom stereocenters. The summed E-state index contributed by atoms with van der Waals surface area (Å²) in [5, 5.41) is 0. The van der Waals surface area contributed by atoms with Crippen LogP contribution in [-0.2, 0) is 11.0 Å². The van der Waals surface area contributed by atoms with Crippen molar-refractivity contribution in [1.29, 1.82) is 0 Å². The van der Waals surface area contributed by atoms with Gasteiger partial charge in [-0.3, -0.25) is 0 Å². The van der Waals surface area contributed by atoms with E-state index < -0.39 is 11.0 Å². The van der Waals surface area contributed by atoms with E-state index in [9.17, 15) is 4.21 Å². The first kappa shape index (κ1) is 13.4. The maximum absolute atomic E-state index is 12.0. The molecule has 1 rings (SSSR count). The molecular weight excluding hydrogens is 218 g/mol. The van der Waals surface area contributed by atoms with Gasteiger partial charge in [0.05, 0.1) is 15.7 Å². The lowest BCUT2D eigenvalue weighted by molar-refractivity contribution is 0.589. The third-order valence-corrected chi connectivity index (χ3v) is 4.03. The topological polar surface area (TPSA) is 29.1 Å². The zero-order chi connectivity index (χ0) is 12.2. The van der Waals surface area contributed by atoms with Gasteiger partial charge >= 0.3 is 0 Å². The molecule has 0 saturated carbocycles. The van der Waals surface area contributed by atoms with E-state index in [4.69, 9.17) is 0 Å². The zero-order valence-electron chi connectivity index (χ0n) is 10.5. The van der Waals surface area contributed by atoms with E-state index in [1.807, 2.05) is 39.0 Å². The van der Waals surface area contributed by atoms with E-state index in [0.717, 1.165) is 6.42 Å². The first-order valence-electron chi connectivity index (χ1n) is 5.68. The van der Waals surface area contributed by atoms with Gasteiger partial charge in [0.2, 0.25) is 0 Å². The first-order valence-corrected chi connectivity index (χ1v) is 6.83. The number of hydrogen-bond donors (Lipinski definition) is 1. The molecule has 0 aromatic heterocycles. The van der Waals surface area contributed by atoms with Crippen molar-refractivity contribution >= 4 is 11.0 Å². The highest BCUT2D eigenvalue weighted by molar-refractivity contribution is 7.84. The van der Waals surface area contributed by atoms with Crippen LogP contribution in [0.25, 0.3) is 0 Å². The second-order valence-corrected chi connectivity index (χ2v) is 6.87. The average Bonchev–Trinajstić information content (AvgIpc) is 2.25. The van der Waals surface area contributed by atoms with Gasteiger partial charge in [0.15, 0.2) is 0 Å². The average molecular weight is 239 g/mol. The third-order valence-electron chi connectivity index (χ3n) is 2.42. The second kappa shape index (κ2) is 5.60. The Hall–Kier alpha value is -0.670. The summed E-state index contributed by atoms with van der Waals surface area (Å²) < 4.78 is 15.0. The Labute approximate surface area is 101 Å². The Balaban J connectivity index is 2.75. The molecule has 0 aliphatic carbocycles. The molecule has 3 heteroatoms. The van der Waals surface area contributed by atoms with Crippen LogP contribution in [0.4, 0.5) is 0 Å². The Kier molecular flexibility index (Phi) is 4.69. The summed E-state index contributed by atoms with van der Waals surface area (Å²) in [6.07, 6.45) is 0.936. The second-order valence-electron chi connectivity index (χ2n) is 4.87. The molecule has 0 bridgehead atoms. The maximum atomic E-state index is 12.0. The van der Waals surface area contributed by atoms with Crippen LogP contribution in [0.1, 0.15) is 45.7 Å². The van der Waals surface area contributed by atoms with Crippen molar-refractivity contribution in [2.75, 3.05) is 0 Å². The molecule has 0 aliphatic rings. The minimum atomic E-state index is -1.02. The molecule has 1 aromatic carbocycles. The van der Waals surface area contributed by atoms with Gasteiger partial charge in [-0.15, -0.1) is 0 Å². The SMILES string of the molecule is CC[C@@H](NS(=O)C(C)(C)C)c1ccccc1. The largest absolute Gasteiger partial charge is 0.242 e. The van der Waals surface area contributed by atoms with Crippen LogP contribution in [0, 0.1) is 0 Å². The van der Waals surface area contributed by atoms with Crippen LogP contribution in [-0.4, -0.2) is 8.96 Å². The molecular formula is C13H21NOS. The van der Waals surface area contributed by atoms with Crippen molar-refractivity contribution in [3.63, 3.8) is 0 Å². The summed E-state index contributed by atoms with van der Waals surface area (Å²) in [6.45, 7) is 8.04. The molecule has 0 amide bonds. The fourth-order valence-corrected chi connectivity index (χ4v) is 2.29. The van der Waals surface area contributed by atoms with Gasteiger partial charge in [-0.1, -0.05) is 37.3 Å². The number of rotatable bonds is 4. The Bertz CT molecular complexity index is 343. The molecule has 0 saturated heterocycles. The fraction of sp³-hybridized carbons (Fsp3) is 0.538. The van der Waals surface area contributed by atoms with Crippen molar-refractivity contribution in [3.05, 3.63) is 35.9 Å². The predicted molar refractivity (Wildman–Crippen MR) is 70.5 cm³/mol. The summed E-state index contributed by atoms with van der Waals surface area (Å²) >= 11 is 0. The predicted octanol–water partition coefficient (Wildman–Crippen LogP) is 3.19. The molecule has 2 nitrogen and oxygen atoms in total. The van der Waals surface area contributed by atoms with Crippen molar-refractivity contribution < 1.29 is 4.21 Å². The van der Waals surface area contributed by atoms with Crippen LogP contribution in [0.3, 0.4) is 0 Å². The lowest BCUT2D eigenvalue weighted by Gasteiger charge is -2.23. The lowest BCUT2D eigenvalue weighted by Crippen LogP contribution is -2.35. The highest BCUT2D eigenvalue weighted by Crippen LogP contribution is 2.19. The fourth-order valence-electron chi connectivity index (χ4n) is 1.38. The van der Waals surface area contributed by atoms with E-state index in [0.29, 0.717) is 0 Å². The van der Waals surface area contributed by atoms with Gasteiger partial charge in [0.25, 0.3) is 0 Å². The Morgan fingerprint density at radius 3 is 2.25 bits per heavy atom. The zero-order valence-corrected chi connectivity index (χ0v) is 11.3. The van der Waals surface area contributed by atoms with Crippen LogP contribution >= 0.6 is 0 Å². The molecule has 0 aliphatic heterocycles. The summed E-state index contributed by atoms with van der Waals surface area (Å²) in [7, 11) is -1.02. The van der Waals surface area contributed by atoms with Gasteiger partial charge in [0.1, 0.15) is 0 Å². The Morgan fingerprint density at radius 1 is 1.25 bits per heavy atom. The minimum Gasteiger partial charge on any atom is -0.242 e. The molecule has 0 radical (unpaired) electrons. The monoisotopic (exact) mass is 239 g/mol. The minimum absolute atomic E-state index is 0.168. The molecule has 0 fully saturated rings. The van der Waals surface area contributed by atoms with Crippen molar-refractivity contribution in [2.45, 2.75) is 44.9 Å². The van der Waals surface area contributed by atoms with E-state index in [1.165, 1.54) is 5.56 Å². The normalized spacial score (nSPS) is 15.8. The summed E-state index contributed by atoms with van der Waals surface area (Å²) in [5.41, 5.74) is 1.20. The molecule has 0 heterocycles. The Morgan fingerprint density at radius 2 is 1.81 bits per heavy atom. The van der Waals surface area contributed by atoms with Crippen LogP contribution in [0.2, 0.25) is 0 Å². The molecule has 1 aromatic rings. The van der Waals surface area contributed by atoms with Gasteiger partial charge < -0.3 is 0 Å².